The van der Waals surface area contributed by atoms with E-state index in [1.54, 1.807) is 29.8 Å². The Morgan fingerprint density at radius 2 is 2.00 bits per heavy atom. The van der Waals surface area contributed by atoms with Gasteiger partial charge in [-0.1, -0.05) is 11.6 Å². The minimum absolute atomic E-state index is 0.00134. The predicted molar refractivity (Wildman–Crippen MR) is 106 cm³/mol. The largest absolute Gasteiger partial charge is 0.485 e. The van der Waals surface area contributed by atoms with Crippen LogP contribution in [0.15, 0.2) is 42.0 Å². The molecule has 0 amide bonds. The summed E-state index contributed by atoms with van der Waals surface area (Å²) < 4.78 is 7.84. The topological polar surface area (TPSA) is 55.0 Å². The number of ether oxygens (including phenoxy) is 1. The number of benzene rings is 1. The summed E-state index contributed by atoms with van der Waals surface area (Å²) in [7, 11) is 0. The van der Waals surface area contributed by atoms with Crippen LogP contribution in [-0.2, 0) is 6.54 Å². The summed E-state index contributed by atoms with van der Waals surface area (Å²) >= 11 is 0. The van der Waals surface area contributed by atoms with E-state index < -0.39 is 0 Å². The minimum Gasteiger partial charge on any atom is -0.485 e. The van der Waals surface area contributed by atoms with Gasteiger partial charge >= 0.3 is 0 Å². The number of rotatable bonds is 7. The van der Waals surface area contributed by atoms with Gasteiger partial charge in [-0.3, -0.25) is 4.79 Å². The average Bonchev–Trinajstić information content (AvgIpc) is 2.99. The highest BCUT2D eigenvalue weighted by Crippen LogP contribution is 2.23. The molecule has 0 fully saturated rings. The van der Waals surface area contributed by atoms with E-state index >= 15 is 0 Å². The third kappa shape index (κ3) is 4.68. The number of carbonyl (C=O) groups excluding carboxylic acids is 1. The number of aryl methyl sites for hydroxylation is 1. The Balaban J connectivity index is 1.62. The predicted octanol–water partition coefficient (Wildman–Crippen LogP) is 5.13. The highest BCUT2D eigenvalue weighted by Gasteiger charge is 2.16. The van der Waals surface area contributed by atoms with Crippen molar-refractivity contribution in [3.8, 4) is 11.8 Å². The van der Waals surface area contributed by atoms with E-state index in [4.69, 9.17) is 10.00 Å². The van der Waals surface area contributed by atoms with Gasteiger partial charge in [0.15, 0.2) is 6.61 Å². The van der Waals surface area contributed by atoms with Crippen LogP contribution in [0.2, 0.25) is 0 Å². The van der Waals surface area contributed by atoms with Crippen LogP contribution in [-0.4, -0.2) is 17.0 Å². The Morgan fingerprint density at radius 3 is 2.67 bits per heavy atom. The molecule has 0 radical (unpaired) electrons. The van der Waals surface area contributed by atoms with Crippen LogP contribution < -0.4 is 4.74 Å². The fourth-order valence-electron chi connectivity index (χ4n) is 3.67. The lowest BCUT2D eigenvalue weighted by Crippen LogP contribution is -2.13. The maximum atomic E-state index is 12.6. The van der Waals surface area contributed by atoms with Crippen molar-refractivity contribution in [2.24, 2.45) is 0 Å². The van der Waals surface area contributed by atoms with Crippen molar-refractivity contribution in [2.75, 3.05) is 6.61 Å². The second-order valence-electron chi connectivity index (χ2n) is 7.14. The summed E-state index contributed by atoms with van der Waals surface area (Å²) in [6, 6.07) is 10.8. The van der Waals surface area contributed by atoms with E-state index in [1.165, 1.54) is 25.7 Å². The number of Topliss-reactive ketones (excluding diaryl/α,β-unsaturated/α-hetero) is 1. The van der Waals surface area contributed by atoms with Crippen molar-refractivity contribution in [3.63, 3.8) is 0 Å². The summed E-state index contributed by atoms with van der Waals surface area (Å²) in [5, 5.41) is 8.83. The molecule has 1 aromatic carbocycles. The maximum absolute atomic E-state index is 12.6. The second kappa shape index (κ2) is 8.73. The van der Waals surface area contributed by atoms with Crippen LogP contribution in [0.25, 0.3) is 0 Å². The number of ketones is 1. The third-order valence-corrected chi connectivity index (χ3v) is 5.27. The Hall–Kier alpha value is -2.80. The molecule has 3 rings (SSSR count). The number of carbonyl (C=O) groups is 1. The number of nitriles is 1. The highest BCUT2D eigenvalue weighted by molar-refractivity contribution is 5.98. The maximum Gasteiger partial charge on any atom is 0.202 e. The Labute approximate surface area is 161 Å². The zero-order valence-electron chi connectivity index (χ0n) is 16.1. The SMILES string of the molecule is Cc1cc(C(=O)COc2ccc(C#N)cc2)c(C)n1CCC1=CCCCC1. The van der Waals surface area contributed by atoms with Gasteiger partial charge in [0.1, 0.15) is 5.75 Å². The molecule has 4 heteroatoms. The smallest absolute Gasteiger partial charge is 0.202 e. The van der Waals surface area contributed by atoms with Crippen molar-refractivity contribution in [1.29, 1.82) is 5.26 Å². The lowest BCUT2D eigenvalue weighted by Gasteiger charge is -2.15. The van der Waals surface area contributed by atoms with Gasteiger partial charge in [0.25, 0.3) is 0 Å². The molecule has 0 unspecified atom stereocenters. The highest BCUT2D eigenvalue weighted by atomic mass is 16.5. The summed E-state index contributed by atoms with van der Waals surface area (Å²) in [6.45, 7) is 4.99. The molecule has 27 heavy (non-hydrogen) atoms. The molecule has 4 nitrogen and oxygen atoms in total. The standard InChI is InChI=1S/C23H26N2O2/c1-17-14-22(18(2)25(17)13-12-19-6-4-3-5-7-19)23(26)16-27-21-10-8-20(15-24)9-11-21/h6,8-11,14H,3-5,7,12-13,16H2,1-2H3. The molecule has 0 bridgehead atoms. The molecule has 0 spiro atoms. The molecule has 1 aromatic heterocycles. The number of nitrogens with zero attached hydrogens (tertiary/aromatic N) is 2. The Bertz CT molecular complexity index is 882. The van der Waals surface area contributed by atoms with Gasteiger partial charge in [-0.05, 0) is 76.3 Å². The van der Waals surface area contributed by atoms with Crippen molar-refractivity contribution in [1.82, 2.24) is 4.57 Å². The van der Waals surface area contributed by atoms with Gasteiger partial charge < -0.3 is 9.30 Å². The fourth-order valence-corrected chi connectivity index (χ4v) is 3.67. The fraction of sp³-hybridized carbons (Fsp3) is 0.391. The van der Waals surface area contributed by atoms with Crippen LogP contribution >= 0.6 is 0 Å². The molecule has 0 atom stereocenters. The monoisotopic (exact) mass is 362 g/mol. The van der Waals surface area contributed by atoms with Crippen LogP contribution in [0.1, 0.15) is 59.4 Å². The molecule has 0 aliphatic heterocycles. The van der Waals surface area contributed by atoms with Crippen LogP contribution in [0.3, 0.4) is 0 Å². The quantitative estimate of drug-likeness (QED) is 0.507. The number of hydrogen-bond acceptors (Lipinski definition) is 3. The van der Waals surface area contributed by atoms with Crippen LogP contribution in [0, 0.1) is 25.2 Å². The first-order valence-electron chi connectivity index (χ1n) is 9.59. The third-order valence-electron chi connectivity index (χ3n) is 5.27. The number of hydrogen-bond donors (Lipinski definition) is 0. The first-order chi connectivity index (χ1) is 13.1. The molecule has 1 heterocycles. The first kappa shape index (κ1) is 19.0. The first-order valence-corrected chi connectivity index (χ1v) is 9.59. The van der Waals surface area contributed by atoms with Crippen LogP contribution in [0.4, 0.5) is 0 Å². The normalized spacial score (nSPS) is 13.7. The molecule has 1 aliphatic rings. The van der Waals surface area contributed by atoms with Gasteiger partial charge in [-0.15, -0.1) is 0 Å². The van der Waals surface area contributed by atoms with Crippen molar-refractivity contribution >= 4 is 5.78 Å². The second-order valence-corrected chi connectivity index (χ2v) is 7.14. The van der Waals surface area contributed by atoms with E-state index in [1.807, 2.05) is 13.0 Å². The number of aromatic nitrogens is 1. The van der Waals surface area contributed by atoms with Gasteiger partial charge in [0.2, 0.25) is 5.78 Å². The molecule has 140 valence electrons. The zero-order valence-corrected chi connectivity index (χ0v) is 16.1. The van der Waals surface area contributed by atoms with E-state index in [-0.39, 0.29) is 12.4 Å². The van der Waals surface area contributed by atoms with Crippen molar-refractivity contribution < 1.29 is 9.53 Å². The lowest BCUT2D eigenvalue weighted by molar-refractivity contribution is 0.0921. The Kier molecular flexibility index (Phi) is 6.13. The van der Waals surface area contributed by atoms with Crippen molar-refractivity contribution in [2.45, 2.75) is 52.5 Å². The molecule has 0 saturated heterocycles. The van der Waals surface area contributed by atoms with E-state index in [9.17, 15) is 4.79 Å². The summed E-state index contributed by atoms with van der Waals surface area (Å²) in [4.78, 5) is 12.6. The number of allylic oxidation sites excluding steroid dienone is 2. The molecule has 0 saturated carbocycles. The minimum atomic E-state index is -0.0180. The van der Waals surface area contributed by atoms with Gasteiger partial charge in [-0.25, -0.2) is 0 Å². The van der Waals surface area contributed by atoms with Gasteiger partial charge in [0, 0.05) is 23.5 Å². The average molecular weight is 362 g/mol. The van der Waals surface area contributed by atoms with E-state index in [2.05, 4.69) is 23.6 Å². The van der Waals surface area contributed by atoms with Crippen LogP contribution in [0.5, 0.6) is 5.75 Å². The molecule has 2 aromatic rings. The Morgan fingerprint density at radius 1 is 1.22 bits per heavy atom. The molecule has 1 aliphatic carbocycles. The summed E-state index contributed by atoms with van der Waals surface area (Å²) in [5.74, 6) is 0.580. The lowest BCUT2D eigenvalue weighted by atomic mass is 9.97. The molecule has 0 N–H and O–H groups in total. The zero-order chi connectivity index (χ0) is 19.2. The van der Waals surface area contributed by atoms with Crippen molar-refractivity contribution in [3.05, 3.63) is 64.5 Å². The van der Waals surface area contributed by atoms with Gasteiger partial charge in [0.05, 0.1) is 11.6 Å². The van der Waals surface area contributed by atoms with E-state index in [0.717, 1.165) is 29.9 Å². The summed E-state index contributed by atoms with van der Waals surface area (Å²) in [6.07, 6.45) is 8.47. The molecular formula is C23H26N2O2. The van der Waals surface area contributed by atoms with Gasteiger partial charge in [-0.2, -0.15) is 5.26 Å². The van der Waals surface area contributed by atoms with E-state index in [0.29, 0.717) is 11.3 Å². The summed E-state index contributed by atoms with van der Waals surface area (Å²) in [5.41, 5.74) is 4.98. The molecular weight excluding hydrogens is 336 g/mol.